The third-order valence-corrected chi connectivity index (χ3v) is 12.5. The number of likely N-dealkylation sites (tertiary alicyclic amines) is 1. The van der Waals surface area contributed by atoms with Gasteiger partial charge in [-0.25, -0.2) is 0 Å². The maximum Gasteiger partial charge on any atom is 0.245 e. The average molecular weight is 864 g/mol. The number of hydrogen-bond donors (Lipinski definition) is 4. The molecule has 5 N–H and O–H groups in total. The van der Waals surface area contributed by atoms with Gasteiger partial charge in [0.25, 0.3) is 0 Å². The molecule has 14 heteroatoms. The number of nitrogens with two attached hydrogens (primary N) is 1. The highest BCUT2D eigenvalue weighted by molar-refractivity contribution is 5.90. The fourth-order valence-corrected chi connectivity index (χ4v) is 8.95. The minimum absolute atomic E-state index is 0.00994. The van der Waals surface area contributed by atoms with Crippen molar-refractivity contribution in [3.05, 3.63) is 65.7 Å². The van der Waals surface area contributed by atoms with Gasteiger partial charge in [-0.3, -0.25) is 28.9 Å². The molecule has 0 aromatic heterocycles. The van der Waals surface area contributed by atoms with Crippen LogP contribution < -0.4 is 21.7 Å². The Hall–Kier alpha value is -4.53. The normalized spacial score (nSPS) is 18.0. The van der Waals surface area contributed by atoms with Crippen LogP contribution in [0.4, 0.5) is 5.69 Å². The molecule has 0 saturated carbocycles. The molecule has 1 aliphatic heterocycles. The van der Waals surface area contributed by atoms with Gasteiger partial charge < -0.3 is 41.0 Å². The van der Waals surface area contributed by atoms with Gasteiger partial charge in [-0.15, -0.1) is 0 Å². The number of benzene rings is 2. The van der Waals surface area contributed by atoms with Crippen LogP contribution in [0.2, 0.25) is 0 Å². The number of carbonyl (C=O) groups excluding carboxylic acids is 5. The molecule has 1 saturated heterocycles. The van der Waals surface area contributed by atoms with Crippen molar-refractivity contribution < 1.29 is 33.4 Å². The molecule has 62 heavy (non-hydrogen) atoms. The number of carbonyl (C=O) groups is 5. The molecule has 1 heterocycles. The maximum absolute atomic E-state index is 14.4. The van der Waals surface area contributed by atoms with Crippen LogP contribution >= 0.6 is 0 Å². The molecule has 0 bridgehead atoms. The number of rotatable bonds is 24. The Labute approximate surface area is 371 Å². The van der Waals surface area contributed by atoms with E-state index in [2.05, 4.69) is 16.0 Å². The van der Waals surface area contributed by atoms with Gasteiger partial charge in [0.05, 0.1) is 42.7 Å². The summed E-state index contributed by atoms with van der Waals surface area (Å²) in [5.74, 6) is -1.91. The molecular formula is C48H77N7O7. The number of methoxy groups -OCH3 is 2. The summed E-state index contributed by atoms with van der Waals surface area (Å²) in [7, 11) is 8.57. The Kier molecular flexibility index (Phi) is 20.8. The summed E-state index contributed by atoms with van der Waals surface area (Å²) in [5.41, 5.74) is 8.36. The lowest BCUT2D eigenvalue weighted by atomic mass is 9.89. The van der Waals surface area contributed by atoms with E-state index >= 15 is 0 Å². The Balaban J connectivity index is 1.77. The molecule has 2 aromatic carbocycles. The molecule has 0 aliphatic carbocycles. The van der Waals surface area contributed by atoms with Crippen molar-refractivity contribution in [2.75, 3.05) is 47.6 Å². The fourth-order valence-electron chi connectivity index (χ4n) is 8.95. The summed E-state index contributed by atoms with van der Waals surface area (Å²) in [5, 5.41) is 9.15. The van der Waals surface area contributed by atoms with Crippen LogP contribution in [0.5, 0.6) is 0 Å². The quantitative estimate of drug-likeness (QED) is 0.110. The van der Waals surface area contributed by atoms with E-state index in [0.29, 0.717) is 31.6 Å². The predicted octanol–water partition coefficient (Wildman–Crippen LogP) is 4.65. The first kappa shape index (κ1) is 51.8. The molecule has 0 spiro atoms. The predicted molar refractivity (Wildman–Crippen MR) is 245 cm³/mol. The molecule has 9 atom stereocenters. The van der Waals surface area contributed by atoms with Gasteiger partial charge in [0.1, 0.15) is 6.04 Å². The van der Waals surface area contributed by atoms with E-state index in [0.717, 1.165) is 24.0 Å². The SMILES string of the molecule is CC[C@H](C)[C@@H]([C@@H](CC(=O)N1CCC[C@H]1[C@H](OC)[C@@H](C)C(=O)NC(CC(=O)NCc1ccc(N)cc1)Cc1ccccc1)OC)N(C)C(=O)[C@@H](NC(=O)[C@H](C(C)C)N(C)C)C(C)C. The van der Waals surface area contributed by atoms with Crippen LogP contribution in [0.3, 0.4) is 0 Å². The highest BCUT2D eigenvalue weighted by Crippen LogP contribution is 2.30. The van der Waals surface area contributed by atoms with Crippen LogP contribution in [-0.4, -0.2) is 129 Å². The summed E-state index contributed by atoms with van der Waals surface area (Å²) < 4.78 is 12.1. The van der Waals surface area contributed by atoms with Gasteiger partial charge in [0, 0.05) is 52.5 Å². The standard InChI is InChI=1S/C48H77N7O7/c1-13-32(6)44(54(10)48(60)42(30(2)3)52-47(59)43(31(4)5)53(8)9)39(61-11)28-41(57)55-25-17-20-38(55)45(62-12)33(7)46(58)51-37(26-34-18-15-14-16-19-34)27-40(56)50-29-35-21-23-36(49)24-22-35/h14-16,18-19,21-24,30-33,37-39,42-45H,13,17,20,25-29,49H2,1-12H3,(H,50,56)(H,51,58)(H,52,59)/t32-,33+,37?,38-,39+,42-,43-,44-,45+/m0/s1. The number of likely N-dealkylation sites (N-methyl/N-ethyl adjacent to an activating group) is 2. The molecule has 0 radical (unpaired) electrons. The van der Waals surface area contributed by atoms with E-state index < -0.39 is 42.3 Å². The second-order valence-electron chi connectivity index (χ2n) is 18.1. The third-order valence-electron chi connectivity index (χ3n) is 12.5. The Morgan fingerprint density at radius 2 is 1.47 bits per heavy atom. The highest BCUT2D eigenvalue weighted by Gasteiger charge is 2.43. The van der Waals surface area contributed by atoms with E-state index in [-0.39, 0.29) is 66.2 Å². The van der Waals surface area contributed by atoms with Crippen LogP contribution in [0, 0.1) is 23.7 Å². The zero-order valence-corrected chi connectivity index (χ0v) is 39.5. The Morgan fingerprint density at radius 3 is 2.02 bits per heavy atom. The largest absolute Gasteiger partial charge is 0.399 e. The number of ether oxygens (including phenoxy) is 2. The van der Waals surface area contributed by atoms with E-state index in [4.69, 9.17) is 15.2 Å². The van der Waals surface area contributed by atoms with Crippen molar-refractivity contribution in [3.63, 3.8) is 0 Å². The molecule has 1 unspecified atom stereocenters. The lowest BCUT2D eigenvalue weighted by molar-refractivity contribution is -0.148. The van der Waals surface area contributed by atoms with Crippen LogP contribution in [0.25, 0.3) is 0 Å². The summed E-state index contributed by atoms with van der Waals surface area (Å²) in [6.07, 6.45) is 1.37. The monoisotopic (exact) mass is 864 g/mol. The van der Waals surface area contributed by atoms with Crippen LogP contribution in [-0.2, 0) is 46.4 Å². The fraction of sp³-hybridized carbons (Fsp3) is 0.646. The topological polar surface area (TPSA) is 176 Å². The van der Waals surface area contributed by atoms with E-state index in [1.165, 1.54) is 0 Å². The van der Waals surface area contributed by atoms with Crippen molar-refractivity contribution in [3.8, 4) is 0 Å². The van der Waals surface area contributed by atoms with Gasteiger partial charge in [-0.05, 0) is 74.4 Å². The van der Waals surface area contributed by atoms with Crippen LogP contribution in [0.1, 0.15) is 91.7 Å². The number of hydrogen-bond acceptors (Lipinski definition) is 9. The zero-order chi connectivity index (χ0) is 46.3. The minimum atomic E-state index is -0.775. The van der Waals surface area contributed by atoms with Gasteiger partial charge in [0.2, 0.25) is 29.5 Å². The summed E-state index contributed by atoms with van der Waals surface area (Å²) in [6.45, 7) is 14.5. The first-order chi connectivity index (χ1) is 29.3. The first-order valence-corrected chi connectivity index (χ1v) is 22.4. The number of anilines is 1. The molecule has 3 rings (SSSR count). The maximum atomic E-state index is 14.4. The van der Waals surface area contributed by atoms with E-state index in [9.17, 15) is 24.0 Å². The Bertz CT molecular complexity index is 1720. The highest BCUT2D eigenvalue weighted by atomic mass is 16.5. The smallest absolute Gasteiger partial charge is 0.245 e. The van der Waals surface area contributed by atoms with Crippen molar-refractivity contribution >= 4 is 35.2 Å². The van der Waals surface area contributed by atoms with Crippen LogP contribution in [0.15, 0.2) is 54.6 Å². The second-order valence-corrected chi connectivity index (χ2v) is 18.1. The second kappa shape index (κ2) is 24.9. The van der Waals surface area contributed by atoms with Gasteiger partial charge >= 0.3 is 0 Å². The zero-order valence-electron chi connectivity index (χ0n) is 39.5. The number of nitrogen functional groups attached to an aromatic ring is 1. The molecular weight excluding hydrogens is 787 g/mol. The van der Waals surface area contributed by atoms with E-state index in [1.54, 1.807) is 50.1 Å². The molecule has 1 fully saturated rings. The minimum Gasteiger partial charge on any atom is -0.399 e. The number of nitrogens with zero attached hydrogens (tertiary/aromatic N) is 3. The summed E-state index contributed by atoms with van der Waals surface area (Å²) in [4.78, 5) is 74.9. The molecule has 346 valence electrons. The number of nitrogens with one attached hydrogen (secondary N) is 3. The third kappa shape index (κ3) is 14.5. The van der Waals surface area contributed by atoms with Gasteiger partial charge in [-0.1, -0.05) is 97.4 Å². The van der Waals surface area contributed by atoms with Gasteiger partial charge in [0.15, 0.2) is 0 Å². The Morgan fingerprint density at radius 1 is 0.823 bits per heavy atom. The molecule has 14 nitrogen and oxygen atoms in total. The van der Waals surface area contributed by atoms with Gasteiger partial charge in [-0.2, -0.15) is 0 Å². The number of amides is 5. The average Bonchev–Trinajstić information content (AvgIpc) is 3.71. The molecule has 5 amide bonds. The lowest BCUT2D eigenvalue weighted by Gasteiger charge is -2.41. The summed E-state index contributed by atoms with van der Waals surface area (Å²) >= 11 is 0. The van der Waals surface area contributed by atoms with Crippen molar-refractivity contribution in [1.29, 1.82) is 0 Å². The molecule has 2 aromatic rings. The first-order valence-electron chi connectivity index (χ1n) is 22.4. The van der Waals surface area contributed by atoms with Crippen molar-refractivity contribution in [2.24, 2.45) is 23.7 Å². The van der Waals surface area contributed by atoms with Crippen molar-refractivity contribution in [1.82, 2.24) is 30.7 Å². The van der Waals surface area contributed by atoms with E-state index in [1.807, 2.05) is 103 Å². The lowest BCUT2D eigenvalue weighted by Crippen LogP contribution is -2.59. The summed E-state index contributed by atoms with van der Waals surface area (Å²) in [6, 6.07) is 14.5. The van der Waals surface area contributed by atoms with Crippen molar-refractivity contribution in [2.45, 2.75) is 136 Å². The molecule has 1 aliphatic rings.